The molecule has 0 spiro atoms. The minimum absolute atomic E-state index is 1.05. The van der Waals surface area contributed by atoms with Crippen LogP contribution < -0.4 is 0 Å². The highest BCUT2D eigenvalue weighted by Gasteiger charge is 2.18. The summed E-state index contributed by atoms with van der Waals surface area (Å²) in [6, 6.07) is 0. The second-order valence-corrected chi connectivity index (χ2v) is 9.13. The van der Waals surface area contributed by atoms with Crippen molar-refractivity contribution in [1.29, 1.82) is 0 Å². The van der Waals surface area contributed by atoms with Gasteiger partial charge < -0.3 is 4.43 Å². The van der Waals surface area contributed by atoms with E-state index in [-0.39, 0.29) is 0 Å². The Bertz CT molecular complexity index is 189. The van der Waals surface area contributed by atoms with Crippen molar-refractivity contribution < 1.29 is 4.43 Å². The summed E-state index contributed by atoms with van der Waals surface area (Å²) in [5, 5.41) is 0. The van der Waals surface area contributed by atoms with Gasteiger partial charge >= 0.3 is 0 Å². The first kappa shape index (κ1) is 13.8. The van der Waals surface area contributed by atoms with E-state index in [9.17, 15) is 0 Å². The van der Waals surface area contributed by atoms with E-state index in [4.69, 9.17) is 4.43 Å². The molecule has 0 saturated heterocycles. The number of hydrogen-bond acceptors (Lipinski definition) is 1. The maximum absolute atomic E-state index is 6.11. The van der Waals surface area contributed by atoms with Crippen molar-refractivity contribution in [3.05, 3.63) is 11.3 Å². The molecule has 1 nitrogen and oxygen atoms in total. The van der Waals surface area contributed by atoms with E-state index in [0.717, 1.165) is 12.8 Å². The summed E-state index contributed by atoms with van der Waals surface area (Å²) in [7, 11) is -1.41. The van der Waals surface area contributed by atoms with Crippen LogP contribution in [-0.2, 0) is 4.43 Å². The third-order valence-electron chi connectivity index (χ3n) is 2.12. The summed E-state index contributed by atoms with van der Waals surface area (Å²) < 4.78 is 6.11. The highest BCUT2D eigenvalue weighted by molar-refractivity contribution is 6.70. The van der Waals surface area contributed by atoms with Gasteiger partial charge in [-0.3, -0.25) is 0 Å². The summed E-state index contributed by atoms with van der Waals surface area (Å²) in [6.07, 6.45) is 4.61. The van der Waals surface area contributed by atoms with Crippen molar-refractivity contribution in [2.75, 3.05) is 0 Å². The van der Waals surface area contributed by atoms with Crippen molar-refractivity contribution in [2.24, 2.45) is 0 Å². The highest BCUT2D eigenvalue weighted by Crippen LogP contribution is 2.22. The van der Waals surface area contributed by atoms with Crippen molar-refractivity contribution in [3.8, 4) is 0 Å². The second-order valence-electron chi connectivity index (χ2n) is 4.70. The SMILES string of the molecule is CCCC(CC)=C(CC)O[Si](C)(C)C. The first-order chi connectivity index (χ1) is 6.44. The minimum atomic E-state index is -1.41. The maximum Gasteiger partial charge on any atom is 0.241 e. The van der Waals surface area contributed by atoms with Crippen LogP contribution in [0.1, 0.15) is 46.5 Å². The Morgan fingerprint density at radius 3 is 1.86 bits per heavy atom. The Hall–Kier alpha value is -0.243. The summed E-state index contributed by atoms with van der Waals surface area (Å²) in [5.41, 5.74) is 1.53. The van der Waals surface area contributed by atoms with Gasteiger partial charge in [-0.25, -0.2) is 0 Å². The van der Waals surface area contributed by atoms with E-state index in [1.807, 2.05) is 0 Å². The molecule has 0 rings (SSSR count). The fourth-order valence-corrected chi connectivity index (χ4v) is 2.61. The zero-order valence-corrected chi connectivity index (χ0v) is 11.7. The fraction of sp³-hybridized carbons (Fsp3) is 0.833. The van der Waals surface area contributed by atoms with Gasteiger partial charge in [-0.15, -0.1) is 0 Å². The first-order valence-electron chi connectivity index (χ1n) is 5.84. The maximum atomic E-state index is 6.11. The molecule has 0 unspecified atom stereocenters. The lowest BCUT2D eigenvalue weighted by Gasteiger charge is -2.24. The molecular weight excluding hydrogens is 188 g/mol. The minimum Gasteiger partial charge on any atom is -0.547 e. The van der Waals surface area contributed by atoms with Crippen LogP contribution in [0.4, 0.5) is 0 Å². The molecule has 0 N–H and O–H groups in total. The highest BCUT2D eigenvalue weighted by atomic mass is 28.4. The second kappa shape index (κ2) is 6.28. The normalized spacial score (nSPS) is 13.9. The van der Waals surface area contributed by atoms with Gasteiger partial charge in [-0.2, -0.15) is 0 Å². The molecule has 0 aromatic heterocycles. The van der Waals surface area contributed by atoms with Gasteiger partial charge in [0.1, 0.15) is 0 Å². The Labute approximate surface area is 90.7 Å². The third kappa shape index (κ3) is 5.48. The van der Waals surface area contributed by atoms with E-state index < -0.39 is 8.32 Å². The summed E-state index contributed by atoms with van der Waals surface area (Å²) in [6.45, 7) is 13.4. The number of allylic oxidation sites excluding steroid dienone is 2. The molecule has 0 amide bonds. The largest absolute Gasteiger partial charge is 0.547 e. The number of rotatable bonds is 6. The molecule has 14 heavy (non-hydrogen) atoms. The topological polar surface area (TPSA) is 9.23 Å². The van der Waals surface area contributed by atoms with Crippen LogP contribution >= 0.6 is 0 Å². The monoisotopic (exact) mass is 214 g/mol. The molecule has 2 heteroatoms. The first-order valence-corrected chi connectivity index (χ1v) is 9.25. The van der Waals surface area contributed by atoms with Crippen LogP contribution in [0.15, 0.2) is 11.3 Å². The lowest BCUT2D eigenvalue weighted by Crippen LogP contribution is -2.25. The van der Waals surface area contributed by atoms with Crippen LogP contribution in [0.5, 0.6) is 0 Å². The molecule has 0 radical (unpaired) electrons. The van der Waals surface area contributed by atoms with Crippen LogP contribution in [0, 0.1) is 0 Å². The summed E-state index contributed by atoms with van der Waals surface area (Å²) >= 11 is 0. The van der Waals surface area contributed by atoms with Crippen molar-refractivity contribution >= 4 is 8.32 Å². The predicted octanol–water partition coefficient (Wildman–Crippen LogP) is 4.71. The van der Waals surface area contributed by atoms with Crippen LogP contribution in [0.2, 0.25) is 19.6 Å². The summed E-state index contributed by atoms with van der Waals surface area (Å²) in [5.74, 6) is 1.27. The molecule has 0 aliphatic heterocycles. The number of hydrogen-bond donors (Lipinski definition) is 0. The van der Waals surface area contributed by atoms with Crippen molar-refractivity contribution in [1.82, 2.24) is 0 Å². The lowest BCUT2D eigenvalue weighted by molar-refractivity contribution is 0.393. The molecular formula is C12H26OSi. The van der Waals surface area contributed by atoms with Gasteiger partial charge in [0.25, 0.3) is 0 Å². The zero-order valence-electron chi connectivity index (χ0n) is 10.7. The van der Waals surface area contributed by atoms with E-state index in [2.05, 4.69) is 40.4 Å². The van der Waals surface area contributed by atoms with Crippen molar-refractivity contribution in [3.63, 3.8) is 0 Å². The third-order valence-corrected chi connectivity index (χ3v) is 2.98. The average molecular weight is 214 g/mol. The molecule has 84 valence electrons. The molecule has 0 aliphatic carbocycles. The lowest BCUT2D eigenvalue weighted by atomic mass is 10.1. The average Bonchev–Trinajstić information content (AvgIpc) is 2.09. The van der Waals surface area contributed by atoms with Crippen LogP contribution in [0.25, 0.3) is 0 Å². The van der Waals surface area contributed by atoms with Gasteiger partial charge in [0, 0.05) is 6.42 Å². The fourth-order valence-electron chi connectivity index (χ4n) is 1.58. The quantitative estimate of drug-likeness (QED) is 0.459. The van der Waals surface area contributed by atoms with Crippen LogP contribution in [-0.4, -0.2) is 8.32 Å². The Balaban J connectivity index is 4.62. The van der Waals surface area contributed by atoms with Crippen molar-refractivity contribution in [2.45, 2.75) is 66.1 Å². The molecule has 0 aromatic carbocycles. The molecule has 0 heterocycles. The molecule has 0 saturated carbocycles. The van der Waals surface area contributed by atoms with E-state index in [1.54, 1.807) is 0 Å². The van der Waals surface area contributed by atoms with Gasteiger partial charge in [-0.1, -0.05) is 27.2 Å². The standard InChI is InChI=1S/C12H26OSi/c1-7-10-11(8-2)12(9-3)13-14(4,5)6/h7-10H2,1-6H3. The van der Waals surface area contributed by atoms with Gasteiger partial charge in [-0.05, 0) is 38.1 Å². The van der Waals surface area contributed by atoms with Gasteiger partial charge in [0.2, 0.25) is 8.32 Å². The van der Waals surface area contributed by atoms with Crippen LogP contribution in [0.3, 0.4) is 0 Å². The Morgan fingerprint density at radius 2 is 1.57 bits per heavy atom. The molecule has 0 aliphatic rings. The zero-order chi connectivity index (χ0) is 11.2. The Morgan fingerprint density at radius 1 is 1.00 bits per heavy atom. The molecule has 0 aromatic rings. The molecule has 0 bridgehead atoms. The molecule has 0 fully saturated rings. The summed E-state index contributed by atoms with van der Waals surface area (Å²) in [4.78, 5) is 0. The van der Waals surface area contributed by atoms with E-state index in [0.29, 0.717) is 0 Å². The van der Waals surface area contributed by atoms with E-state index in [1.165, 1.54) is 24.2 Å². The predicted molar refractivity (Wildman–Crippen MR) is 66.9 cm³/mol. The van der Waals surface area contributed by atoms with E-state index >= 15 is 0 Å². The molecule has 0 atom stereocenters. The Kier molecular flexibility index (Phi) is 6.17. The van der Waals surface area contributed by atoms with Gasteiger partial charge in [0.15, 0.2) is 0 Å². The smallest absolute Gasteiger partial charge is 0.241 e. The van der Waals surface area contributed by atoms with Gasteiger partial charge in [0.05, 0.1) is 5.76 Å².